The van der Waals surface area contributed by atoms with Gasteiger partial charge in [-0.2, -0.15) is 4.31 Å². The third-order valence-electron chi connectivity index (χ3n) is 6.46. The first-order valence-electron chi connectivity index (χ1n) is 10.7. The Labute approximate surface area is 193 Å². The highest BCUT2D eigenvalue weighted by Crippen LogP contribution is 2.28. The number of fused-ring (bicyclic) bond motifs is 1. The van der Waals surface area contributed by atoms with Crippen molar-refractivity contribution in [3.63, 3.8) is 0 Å². The topological polar surface area (TPSA) is 87.6 Å². The van der Waals surface area contributed by atoms with Crippen molar-refractivity contribution >= 4 is 32.5 Å². The van der Waals surface area contributed by atoms with Gasteiger partial charge in [-0.25, -0.2) is 13.4 Å². The van der Waals surface area contributed by atoms with Gasteiger partial charge in [0.25, 0.3) is 5.56 Å². The predicted octanol–water partition coefficient (Wildman–Crippen LogP) is 1.90. The van der Waals surface area contributed by atoms with Gasteiger partial charge in [-0.1, -0.05) is 17.7 Å². The van der Waals surface area contributed by atoms with Crippen LogP contribution in [0, 0.1) is 27.7 Å². The van der Waals surface area contributed by atoms with Gasteiger partial charge >= 0.3 is 0 Å². The Kier molecular flexibility index (Phi) is 6.15. The molecule has 3 aromatic rings. The second-order valence-electron chi connectivity index (χ2n) is 8.59. The fourth-order valence-corrected chi connectivity index (χ4v) is 6.58. The van der Waals surface area contributed by atoms with Gasteiger partial charge in [0, 0.05) is 5.02 Å². The fraction of sp³-hybridized carbons (Fsp3) is 0.391. The van der Waals surface area contributed by atoms with Gasteiger partial charge in [0.15, 0.2) is 5.82 Å². The number of aryl methyl sites for hydroxylation is 2. The number of H-pyrrole nitrogens is 1. The maximum absolute atomic E-state index is 13.5. The van der Waals surface area contributed by atoms with Crippen LogP contribution in [0.4, 0.5) is 0 Å². The van der Waals surface area contributed by atoms with E-state index in [0.717, 1.165) is 22.3 Å². The Hall–Kier alpha value is -2.26. The molecule has 0 radical (unpaired) electrons. The maximum Gasteiger partial charge on any atom is 0.258 e. The minimum Gasteiger partial charge on any atom is -0.326 e. The molecule has 7 nitrogen and oxygen atoms in total. The van der Waals surface area contributed by atoms with Gasteiger partial charge in [-0.3, -0.25) is 4.79 Å². The van der Waals surface area contributed by atoms with E-state index < -0.39 is 10.0 Å². The van der Waals surface area contributed by atoms with Crippen LogP contribution in [0.1, 0.15) is 28.1 Å². The van der Waals surface area contributed by atoms with E-state index >= 15 is 0 Å². The number of aromatic amines is 1. The van der Waals surface area contributed by atoms with E-state index in [1.54, 1.807) is 22.5 Å². The largest absolute Gasteiger partial charge is 0.326 e. The Morgan fingerprint density at radius 1 is 1.06 bits per heavy atom. The Morgan fingerprint density at radius 2 is 1.69 bits per heavy atom. The van der Waals surface area contributed by atoms with Crippen LogP contribution in [0.2, 0.25) is 5.02 Å². The molecule has 2 N–H and O–H groups in total. The number of sulfonamides is 1. The molecule has 170 valence electrons. The molecule has 0 atom stereocenters. The van der Waals surface area contributed by atoms with E-state index in [9.17, 15) is 13.2 Å². The summed E-state index contributed by atoms with van der Waals surface area (Å²) in [5, 5.41) is 1.04. The fourth-order valence-electron chi connectivity index (χ4n) is 4.40. The normalized spacial score (nSPS) is 16.0. The summed E-state index contributed by atoms with van der Waals surface area (Å²) in [7, 11) is -3.57. The average molecular weight is 476 g/mol. The van der Waals surface area contributed by atoms with Crippen molar-refractivity contribution < 1.29 is 13.3 Å². The number of halogens is 1. The van der Waals surface area contributed by atoms with Gasteiger partial charge in [-0.05, 0) is 68.1 Å². The summed E-state index contributed by atoms with van der Waals surface area (Å²) < 4.78 is 28.5. The highest BCUT2D eigenvalue weighted by Gasteiger charge is 2.33. The van der Waals surface area contributed by atoms with Crippen LogP contribution in [-0.2, 0) is 16.6 Å². The van der Waals surface area contributed by atoms with Gasteiger partial charge in [-0.15, -0.1) is 0 Å². The van der Waals surface area contributed by atoms with Crippen molar-refractivity contribution in [3.8, 4) is 0 Å². The molecule has 0 aliphatic carbocycles. The van der Waals surface area contributed by atoms with Crippen LogP contribution in [0.3, 0.4) is 0 Å². The third-order valence-corrected chi connectivity index (χ3v) is 8.87. The lowest BCUT2D eigenvalue weighted by Gasteiger charge is -2.32. The maximum atomic E-state index is 13.5. The highest BCUT2D eigenvalue weighted by molar-refractivity contribution is 7.89. The van der Waals surface area contributed by atoms with Crippen LogP contribution in [0.15, 0.2) is 34.0 Å². The van der Waals surface area contributed by atoms with Gasteiger partial charge in [0.2, 0.25) is 10.0 Å². The second-order valence-corrected chi connectivity index (χ2v) is 10.9. The summed E-state index contributed by atoms with van der Waals surface area (Å²) in [5.74, 6) is 0.581. The van der Waals surface area contributed by atoms with Crippen molar-refractivity contribution in [2.75, 3.05) is 26.2 Å². The summed E-state index contributed by atoms with van der Waals surface area (Å²) >= 11 is 6.05. The molecule has 0 amide bonds. The summed E-state index contributed by atoms with van der Waals surface area (Å²) in [6, 6.07) is 7.06. The Morgan fingerprint density at radius 3 is 2.31 bits per heavy atom. The third kappa shape index (κ3) is 4.20. The van der Waals surface area contributed by atoms with E-state index in [1.165, 1.54) is 4.90 Å². The molecule has 0 unspecified atom stereocenters. The molecule has 0 bridgehead atoms. The zero-order valence-electron chi connectivity index (χ0n) is 18.8. The van der Waals surface area contributed by atoms with Crippen molar-refractivity contribution in [1.29, 1.82) is 0 Å². The van der Waals surface area contributed by atoms with Gasteiger partial charge in [0.05, 0.1) is 42.0 Å². The lowest BCUT2D eigenvalue weighted by molar-refractivity contribution is -0.917. The van der Waals surface area contributed by atoms with E-state index in [1.807, 2.05) is 33.8 Å². The number of hydrogen-bond acceptors (Lipinski definition) is 4. The molecule has 0 saturated carbocycles. The van der Waals surface area contributed by atoms with Crippen LogP contribution >= 0.6 is 11.6 Å². The molecule has 2 heterocycles. The van der Waals surface area contributed by atoms with E-state index in [-0.39, 0.29) is 5.56 Å². The molecule has 2 aromatic carbocycles. The van der Waals surface area contributed by atoms with E-state index in [0.29, 0.717) is 59.4 Å². The zero-order chi connectivity index (χ0) is 23.2. The number of quaternary nitrogens is 1. The number of hydrogen-bond donors (Lipinski definition) is 2. The molecular weight excluding hydrogens is 448 g/mol. The van der Waals surface area contributed by atoms with Crippen molar-refractivity contribution in [2.24, 2.45) is 0 Å². The van der Waals surface area contributed by atoms with E-state index in [2.05, 4.69) is 9.97 Å². The molecule has 1 aliphatic rings. The van der Waals surface area contributed by atoms with Gasteiger partial charge in [0.1, 0.15) is 6.54 Å². The molecule has 32 heavy (non-hydrogen) atoms. The second kappa shape index (κ2) is 8.59. The number of aromatic nitrogens is 2. The number of nitrogens with zero attached hydrogens (tertiary/aromatic N) is 2. The van der Waals surface area contributed by atoms with Crippen LogP contribution in [0.25, 0.3) is 10.9 Å². The predicted molar refractivity (Wildman–Crippen MR) is 126 cm³/mol. The Bertz CT molecular complexity index is 1330. The number of rotatable bonds is 4. The minimum absolute atomic E-state index is 0.192. The lowest BCUT2D eigenvalue weighted by Crippen LogP contribution is -3.13. The molecular formula is C23H28ClN4O3S+. The van der Waals surface area contributed by atoms with Crippen molar-refractivity contribution in [1.82, 2.24) is 14.3 Å². The first kappa shape index (κ1) is 22.9. The van der Waals surface area contributed by atoms with Gasteiger partial charge < -0.3 is 9.88 Å². The molecule has 9 heteroatoms. The smallest absolute Gasteiger partial charge is 0.258 e. The first-order valence-corrected chi connectivity index (χ1v) is 12.5. The molecule has 0 spiro atoms. The molecule has 1 aromatic heterocycles. The summed E-state index contributed by atoms with van der Waals surface area (Å²) in [5.41, 5.74) is 3.99. The van der Waals surface area contributed by atoms with Crippen molar-refractivity contribution in [3.05, 3.63) is 67.7 Å². The monoisotopic (exact) mass is 475 g/mol. The summed E-state index contributed by atoms with van der Waals surface area (Å²) in [6.07, 6.45) is 0. The molecule has 1 fully saturated rings. The van der Waals surface area contributed by atoms with Crippen LogP contribution in [0.5, 0.6) is 0 Å². The number of benzene rings is 2. The van der Waals surface area contributed by atoms with E-state index in [4.69, 9.17) is 11.6 Å². The average Bonchev–Trinajstić information content (AvgIpc) is 2.72. The van der Waals surface area contributed by atoms with Crippen molar-refractivity contribution in [2.45, 2.75) is 39.1 Å². The standard InChI is InChI=1S/C23H27ClN4O3S/c1-14-11-15(2)17(4)22(16(14)3)32(30,31)28-9-7-27(8-10-28)13-21-25-20-12-18(24)5-6-19(20)23(29)26-21/h5-6,11-12H,7-10,13H2,1-4H3,(H,25,26,29)/p+1. The Balaban J connectivity index is 1.52. The quantitative estimate of drug-likeness (QED) is 0.603. The zero-order valence-corrected chi connectivity index (χ0v) is 20.3. The SMILES string of the molecule is Cc1cc(C)c(C)c(S(=O)(=O)N2CC[NH+](Cc3nc4cc(Cl)ccc4c(=O)[nH]3)CC2)c1C. The van der Waals surface area contributed by atoms with Crippen LogP contribution < -0.4 is 10.5 Å². The number of nitrogens with one attached hydrogen (secondary N) is 2. The first-order chi connectivity index (χ1) is 15.1. The summed E-state index contributed by atoms with van der Waals surface area (Å²) in [4.78, 5) is 21.4. The highest BCUT2D eigenvalue weighted by atomic mass is 35.5. The minimum atomic E-state index is -3.57. The summed E-state index contributed by atoms with van der Waals surface area (Å²) in [6.45, 7) is 10.3. The molecule has 4 rings (SSSR count). The molecule has 1 aliphatic heterocycles. The number of piperazine rings is 1. The molecule has 1 saturated heterocycles. The lowest BCUT2D eigenvalue weighted by atomic mass is 10.0. The van der Waals surface area contributed by atoms with Crippen LogP contribution in [-0.4, -0.2) is 48.9 Å².